The molecule has 1 aromatic carbocycles. The van der Waals surface area contributed by atoms with Gasteiger partial charge < -0.3 is 4.74 Å². The first-order chi connectivity index (χ1) is 12.9. The van der Waals surface area contributed by atoms with Crippen molar-refractivity contribution in [3.05, 3.63) is 46.8 Å². The van der Waals surface area contributed by atoms with Crippen LogP contribution in [0.15, 0.2) is 29.8 Å². The van der Waals surface area contributed by atoms with Crippen LogP contribution in [0.25, 0.3) is 11.3 Å². The molecule has 0 spiro atoms. The molecule has 5 nitrogen and oxygen atoms in total. The van der Waals surface area contributed by atoms with Crippen LogP contribution < -0.4 is 0 Å². The van der Waals surface area contributed by atoms with E-state index in [9.17, 15) is 18.0 Å². The van der Waals surface area contributed by atoms with Gasteiger partial charge in [0.25, 0.3) is 0 Å². The Bertz CT molecular complexity index is 867. The van der Waals surface area contributed by atoms with E-state index in [1.165, 1.54) is 12.1 Å². The molecule has 0 N–H and O–H groups in total. The number of aromatic nitrogens is 3. The molecule has 0 saturated carbocycles. The molecule has 2 aromatic rings. The Kier molecular flexibility index (Phi) is 5.34. The second-order valence-electron chi connectivity index (χ2n) is 6.27. The molecule has 1 aliphatic rings. The van der Waals surface area contributed by atoms with Gasteiger partial charge in [0, 0.05) is 5.57 Å². The third kappa shape index (κ3) is 3.74. The fourth-order valence-corrected chi connectivity index (χ4v) is 3.26. The maximum Gasteiger partial charge on any atom is 0.416 e. The van der Waals surface area contributed by atoms with Crippen molar-refractivity contribution >= 4 is 11.5 Å². The van der Waals surface area contributed by atoms with E-state index >= 15 is 0 Å². The van der Waals surface area contributed by atoms with E-state index in [1.54, 1.807) is 11.6 Å². The number of alkyl halides is 3. The molecular weight excluding hydrogens is 359 g/mol. The molecule has 1 aliphatic carbocycles. The third-order valence-corrected chi connectivity index (χ3v) is 4.49. The summed E-state index contributed by atoms with van der Waals surface area (Å²) in [5, 5.41) is 8.35. The van der Waals surface area contributed by atoms with Crippen molar-refractivity contribution in [2.24, 2.45) is 0 Å². The minimum atomic E-state index is -4.38. The number of allylic oxidation sites excluding steroid dienone is 1. The Balaban J connectivity index is 2.00. The van der Waals surface area contributed by atoms with Crippen molar-refractivity contribution in [1.29, 1.82) is 0 Å². The van der Waals surface area contributed by atoms with Crippen LogP contribution in [0, 0.1) is 0 Å². The summed E-state index contributed by atoms with van der Waals surface area (Å²) in [6.07, 6.45) is -1.89. The van der Waals surface area contributed by atoms with Crippen molar-refractivity contribution in [2.45, 2.75) is 45.7 Å². The molecule has 0 bridgehead atoms. The first-order valence-electron chi connectivity index (χ1n) is 8.88. The van der Waals surface area contributed by atoms with E-state index in [0.29, 0.717) is 42.8 Å². The molecule has 1 aromatic heterocycles. The van der Waals surface area contributed by atoms with Crippen molar-refractivity contribution in [2.75, 3.05) is 6.61 Å². The van der Waals surface area contributed by atoms with Crippen molar-refractivity contribution < 1.29 is 22.7 Å². The Hall–Kier alpha value is -2.64. The summed E-state index contributed by atoms with van der Waals surface area (Å²) in [6, 6.07) is 4.81. The number of rotatable bonds is 5. The summed E-state index contributed by atoms with van der Waals surface area (Å²) in [4.78, 5) is 12.3. The number of halogens is 3. The van der Waals surface area contributed by atoms with Gasteiger partial charge in [0.15, 0.2) is 0 Å². The number of hydrogen-bond acceptors (Lipinski definition) is 4. The number of ether oxygens (including phenoxy) is 1. The number of fused-ring (bicyclic) bond motifs is 1. The minimum absolute atomic E-state index is 0.298. The van der Waals surface area contributed by atoms with Crippen LogP contribution in [-0.2, 0) is 22.1 Å². The molecule has 0 saturated heterocycles. The Morgan fingerprint density at radius 3 is 2.48 bits per heavy atom. The smallest absolute Gasteiger partial charge is 0.416 e. The van der Waals surface area contributed by atoms with Crippen LogP contribution in [0.5, 0.6) is 0 Å². The van der Waals surface area contributed by atoms with Crippen LogP contribution in [0.1, 0.15) is 50.1 Å². The molecule has 0 fully saturated rings. The van der Waals surface area contributed by atoms with E-state index in [1.807, 2.05) is 6.92 Å². The Labute approximate surface area is 154 Å². The Morgan fingerprint density at radius 2 is 1.89 bits per heavy atom. The van der Waals surface area contributed by atoms with Gasteiger partial charge in [-0.15, -0.1) is 5.10 Å². The summed E-state index contributed by atoms with van der Waals surface area (Å²) in [5.74, 6) is -0.337. The molecule has 1 heterocycles. The minimum Gasteiger partial charge on any atom is -0.463 e. The number of carbonyl (C=O) groups is 1. The summed E-state index contributed by atoms with van der Waals surface area (Å²) < 4.78 is 45.0. The summed E-state index contributed by atoms with van der Waals surface area (Å²) in [6.45, 7) is 4.06. The zero-order valence-electron chi connectivity index (χ0n) is 15.1. The molecular formula is C19H20F3N3O2. The maximum atomic E-state index is 12.8. The normalized spacial score (nSPS) is 14.3. The fraction of sp³-hybridized carbons (Fsp3) is 0.421. The Morgan fingerprint density at radius 1 is 1.19 bits per heavy atom. The molecule has 0 amide bonds. The highest BCUT2D eigenvalue weighted by atomic mass is 19.4. The largest absolute Gasteiger partial charge is 0.463 e. The van der Waals surface area contributed by atoms with Crippen LogP contribution in [0.4, 0.5) is 13.2 Å². The van der Waals surface area contributed by atoms with Gasteiger partial charge in [0.1, 0.15) is 5.69 Å². The molecule has 0 atom stereocenters. The lowest BCUT2D eigenvalue weighted by molar-refractivity contribution is -0.139. The lowest BCUT2D eigenvalue weighted by atomic mass is 9.89. The number of carbonyl (C=O) groups excluding carboxylic acids is 1. The molecule has 0 unspecified atom stereocenters. The van der Waals surface area contributed by atoms with E-state index < -0.39 is 11.7 Å². The van der Waals surface area contributed by atoms with Gasteiger partial charge in [-0.25, -0.2) is 9.48 Å². The molecule has 27 heavy (non-hydrogen) atoms. The summed E-state index contributed by atoms with van der Waals surface area (Å²) in [7, 11) is 0. The van der Waals surface area contributed by atoms with E-state index in [-0.39, 0.29) is 5.97 Å². The second-order valence-corrected chi connectivity index (χ2v) is 6.27. The first kappa shape index (κ1) is 19.1. The predicted molar refractivity (Wildman–Crippen MR) is 93.1 cm³/mol. The van der Waals surface area contributed by atoms with E-state index in [2.05, 4.69) is 10.3 Å². The average molecular weight is 379 g/mol. The van der Waals surface area contributed by atoms with Gasteiger partial charge in [-0.2, -0.15) is 13.2 Å². The van der Waals surface area contributed by atoms with Crippen LogP contribution >= 0.6 is 0 Å². The van der Waals surface area contributed by atoms with E-state index in [4.69, 9.17) is 4.74 Å². The number of benzene rings is 1. The predicted octanol–water partition coefficient (Wildman–Crippen LogP) is 4.35. The van der Waals surface area contributed by atoms with Gasteiger partial charge in [-0.3, -0.25) is 0 Å². The van der Waals surface area contributed by atoms with Crippen molar-refractivity contribution in [3.8, 4) is 5.69 Å². The van der Waals surface area contributed by atoms with Gasteiger partial charge in [0.05, 0.1) is 23.6 Å². The maximum absolute atomic E-state index is 12.8. The highest BCUT2D eigenvalue weighted by Crippen LogP contribution is 2.35. The summed E-state index contributed by atoms with van der Waals surface area (Å²) in [5.41, 5.74) is 2.65. The lowest BCUT2D eigenvalue weighted by Gasteiger charge is -2.19. The summed E-state index contributed by atoms with van der Waals surface area (Å²) >= 11 is 0. The third-order valence-electron chi connectivity index (χ3n) is 4.49. The molecule has 0 radical (unpaired) electrons. The van der Waals surface area contributed by atoms with Gasteiger partial charge in [-0.05, 0) is 56.0 Å². The molecule has 3 rings (SSSR count). The number of hydrogen-bond donors (Lipinski definition) is 0. The quantitative estimate of drug-likeness (QED) is 0.725. The topological polar surface area (TPSA) is 57.0 Å². The zero-order chi connectivity index (χ0) is 19.6. The van der Waals surface area contributed by atoms with Gasteiger partial charge in [-0.1, -0.05) is 18.6 Å². The van der Waals surface area contributed by atoms with Gasteiger partial charge in [0.2, 0.25) is 0 Å². The SMILES string of the molecule is CCCC1=C(C(=O)OCC)CCc2c1nnn2-c1ccc(C(F)(F)F)cc1. The van der Waals surface area contributed by atoms with Crippen molar-refractivity contribution in [1.82, 2.24) is 15.0 Å². The van der Waals surface area contributed by atoms with Gasteiger partial charge >= 0.3 is 12.1 Å². The first-order valence-corrected chi connectivity index (χ1v) is 8.88. The highest BCUT2D eigenvalue weighted by molar-refractivity contribution is 5.98. The molecule has 144 valence electrons. The average Bonchev–Trinajstić information content (AvgIpc) is 3.06. The highest BCUT2D eigenvalue weighted by Gasteiger charge is 2.31. The van der Waals surface area contributed by atoms with Crippen LogP contribution in [0.2, 0.25) is 0 Å². The van der Waals surface area contributed by atoms with Crippen LogP contribution in [0.3, 0.4) is 0 Å². The standard InChI is InChI=1S/C19H20F3N3O2/c1-3-5-14-15(18(26)27-4-2)10-11-16-17(14)23-24-25(16)13-8-6-12(7-9-13)19(20,21)22/h6-9H,3-5,10-11H2,1-2H3. The number of esters is 1. The fourth-order valence-electron chi connectivity index (χ4n) is 3.26. The lowest BCUT2D eigenvalue weighted by Crippen LogP contribution is -2.16. The second kappa shape index (κ2) is 7.54. The van der Waals surface area contributed by atoms with E-state index in [0.717, 1.165) is 29.8 Å². The number of nitrogens with zero attached hydrogens (tertiary/aromatic N) is 3. The zero-order valence-corrected chi connectivity index (χ0v) is 15.1. The molecule has 0 aliphatic heterocycles. The van der Waals surface area contributed by atoms with Crippen molar-refractivity contribution in [3.63, 3.8) is 0 Å². The van der Waals surface area contributed by atoms with Crippen LogP contribution in [-0.4, -0.2) is 27.6 Å². The molecule has 8 heteroatoms. The monoisotopic (exact) mass is 379 g/mol.